The molecule has 0 aromatic heterocycles. The van der Waals surface area contributed by atoms with Crippen LogP contribution >= 0.6 is 0 Å². The number of nitrogens with two attached hydrogens (primary N) is 1. The predicted molar refractivity (Wildman–Crippen MR) is 125 cm³/mol. The number of hydrogen-bond acceptors (Lipinski definition) is 4. The van der Waals surface area contributed by atoms with Crippen molar-refractivity contribution in [2.75, 3.05) is 18.4 Å². The lowest BCUT2D eigenvalue weighted by molar-refractivity contribution is -0.121. The molecule has 2 aromatic rings. The molecule has 1 aliphatic rings. The number of piperidine rings is 1. The lowest BCUT2D eigenvalue weighted by Gasteiger charge is -2.30. The van der Waals surface area contributed by atoms with E-state index in [4.69, 9.17) is 5.73 Å². The van der Waals surface area contributed by atoms with Crippen LogP contribution in [0.2, 0.25) is 0 Å². The zero-order valence-corrected chi connectivity index (χ0v) is 19.6. The number of hydrogen-bond donors (Lipinski definition) is 2. The second kappa shape index (κ2) is 9.42. The van der Waals surface area contributed by atoms with Gasteiger partial charge in [-0.2, -0.15) is 4.31 Å². The summed E-state index contributed by atoms with van der Waals surface area (Å²) in [5, 5.41) is 2.87. The molecule has 0 atom stereocenters. The summed E-state index contributed by atoms with van der Waals surface area (Å²) in [6, 6.07) is 14.0. The first kappa shape index (κ1) is 23.9. The standard InChI is InChI=1S/C24H31N3O4S/c1-24(2,3)19-6-10-21(11-7-19)32(30,31)27-14-12-18(13-15-27)23(29)26-20-8-4-17(5-9-20)16-22(25)28/h4-11,18H,12-16H2,1-3H3,(H2,25,28)(H,26,29). The van der Waals surface area contributed by atoms with Gasteiger partial charge >= 0.3 is 0 Å². The second-order valence-corrected chi connectivity index (χ2v) is 11.2. The fraction of sp³-hybridized carbons (Fsp3) is 0.417. The fourth-order valence-electron chi connectivity index (χ4n) is 3.79. The molecule has 1 aliphatic heterocycles. The normalized spacial score (nSPS) is 16.0. The van der Waals surface area contributed by atoms with Crippen molar-refractivity contribution < 1.29 is 18.0 Å². The molecule has 1 saturated heterocycles. The Bertz CT molecular complexity index is 1060. The van der Waals surface area contributed by atoms with Crippen LogP contribution in [-0.2, 0) is 31.4 Å². The van der Waals surface area contributed by atoms with Crippen molar-refractivity contribution in [2.45, 2.75) is 50.3 Å². The highest BCUT2D eigenvalue weighted by molar-refractivity contribution is 7.89. The summed E-state index contributed by atoms with van der Waals surface area (Å²) in [5.74, 6) is -0.789. The molecule has 2 aromatic carbocycles. The van der Waals surface area contributed by atoms with Gasteiger partial charge < -0.3 is 11.1 Å². The number of carbonyl (C=O) groups excluding carboxylic acids is 2. The molecule has 1 fully saturated rings. The highest BCUT2D eigenvalue weighted by atomic mass is 32.2. The first-order valence-corrected chi connectivity index (χ1v) is 12.2. The summed E-state index contributed by atoms with van der Waals surface area (Å²) in [5.41, 5.74) is 7.64. The minimum Gasteiger partial charge on any atom is -0.369 e. The zero-order valence-electron chi connectivity index (χ0n) is 18.8. The Balaban J connectivity index is 1.58. The number of carbonyl (C=O) groups is 2. The Hall–Kier alpha value is -2.71. The molecule has 32 heavy (non-hydrogen) atoms. The summed E-state index contributed by atoms with van der Waals surface area (Å²) >= 11 is 0. The van der Waals surface area contributed by atoms with E-state index >= 15 is 0 Å². The third-order valence-corrected chi connectivity index (χ3v) is 7.70. The number of nitrogens with zero attached hydrogens (tertiary/aromatic N) is 1. The van der Waals surface area contributed by atoms with E-state index in [1.165, 1.54) is 4.31 Å². The molecule has 8 heteroatoms. The summed E-state index contributed by atoms with van der Waals surface area (Å²) < 4.78 is 27.5. The molecule has 172 valence electrons. The minimum absolute atomic E-state index is 0.0455. The Labute approximate surface area is 190 Å². The van der Waals surface area contributed by atoms with E-state index in [9.17, 15) is 18.0 Å². The van der Waals surface area contributed by atoms with Crippen LogP contribution in [0.25, 0.3) is 0 Å². The summed E-state index contributed by atoms with van der Waals surface area (Å²) in [6.07, 6.45) is 1.08. The molecule has 1 heterocycles. The van der Waals surface area contributed by atoms with Crippen molar-refractivity contribution >= 4 is 27.5 Å². The van der Waals surface area contributed by atoms with Gasteiger partial charge in [0.2, 0.25) is 21.8 Å². The molecule has 0 radical (unpaired) electrons. The van der Waals surface area contributed by atoms with E-state index < -0.39 is 15.9 Å². The van der Waals surface area contributed by atoms with Crippen LogP contribution < -0.4 is 11.1 Å². The SMILES string of the molecule is CC(C)(C)c1ccc(S(=O)(=O)N2CCC(C(=O)Nc3ccc(CC(N)=O)cc3)CC2)cc1. The van der Waals surface area contributed by atoms with Gasteiger partial charge in [0.15, 0.2) is 0 Å². The van der Waals surface area contributed by atoms with Gasteiger partial charge in [0.05, 0.1) is 11.3 Å². The van der Waals surface area contributed by atoms with Crippen LogP contribution in [-0.4, -0.2) is 37.6 Å². The molecule has 7 nitrogen and oxygen atoms in total. The van der Waals surface area contributed by atoms with Crippen molar-refractivity contribution in [1.82, 2.24) is 4.31 Å². The lowest BCUT2D eigenvalue weighted by atomic mass is 9.87. The van der Waals surface area contributed by atoms with Crippen molar-refractivity contribution in [3.05, 3.63) is 59.7 Å². The van der Waals surface area contributed by atoms with E-state index in [-0.39, 0.29) is 28.6 Å². The molecular formula is C24H31N3O4S. The number of rotatable bonds is 6. The molecular weight excluding hydrogens is 426 g/mol. The molecule has 0 aliphatic carbocycles. The number of anilines is 1. The van der Waals surface area contributed by atoms with Crippen LogP contribution in [0, 0.1) is 5.92 Å². The average molecular weight is 458 g/mol. The van der Waals surface area contributed by atoms with E-state index in [0.717, 1.165) is 11.1 Å². The minimum atomic E-state index is -3.58. The molecule has 0 saturated carbocycles. The summed E-state index contributed by atoms with van der Waals surface area (Å²) in [7, 11) is -3.58. The van der Waals surface area contributed by atoms with E-state index in [1.54, 1.807) is 36.4 Å². The van der Waals surface area contributed by atoms with Gasteiger partial charge in [-0.3, -0.25) is 9.59 Å². The highest BCUT2D eigenvalue weighted by Gasteiger charge is 2.32. The van der Waals surface area contributed by atoms with Crippen LogP contribution in [0.5, 0.6) is 0 Å². The zero-order chi connectivity index (χ0) is 23.5. The summed E-state index contributed by atoms with van der Waals surface area (Å²) in [4.78, 5) is 23.9. The van der Waals surface area contributed by atoms with E-state index in [2.05, 4.69) is 26.1 Å². The third-order valence-electron chi connectivity index (χ3n) is 5.78. The van der Waals surface area contributed by atoms with Gasteiger partial charge in [-0.15, -0.1) is 0 Å². The van der Waals surface area contributed by atoms with E-state index in [1.807, 2.05) is 12.1 Å². The smallest absolute Gasteiger partial charge is 0.243 e. The molecule has 3 rings (SSSR count). The Morgan fingerprint density at radius 1 is 1.00 bits per heavy atom. The van der Waals surface area contributed by atoms with Crippen molar-refractivity contribution in [3.8, 4) is 0 Å². The maximum absolute atomic E-state index is 13.0. The van der Waals surface area contributed by atoms with Crippen LogP contribution in [0.4, 0.5) is 5.69 Å². The van der Waals surface area contributed by atoms with Gasteiger partial charge in [0, 0.05) is 24.7 Å². The number of primary amides is 1. The molecule has 2 amide bonds. The third kappa shape index (κ3) is 5.75. The predicted octanol–water partition coefficient (Wildman–Crippen LogP) is 3.05. The number of amides is 2. The first-order chi connectivity index (χ1) is 15.0. The van der Waals surface area contributed by atoms with Crippen LogP contribution in [0.3, 0.4) is 0 Å². The van der Waals surface area contributed by atoms with Crippen LogP contribution in [0.15, 0.2) is 53.4 Å². The lowest BCUT2D eigenvalue weighted by Crippen LogP contribution is -2.41. The quantitative estimate of drug-likeness (QED) is 0.695. The number of sulfonamides is 1. The van der Waals surface area contributed by atoms with Gasteiger partial charge in [0.25, 0.3) is 0 Å². The van der Waals surface area contributed by atoms with Crippen molar-refractivity contribution in [1.29, 1.82) is 0 Å². The highest BCUT2D eigenvalue weighted by Crippen LogP contribution is 2.27. The number of nitrogens with one attached hydrogen (secondary N) is 1. The Morgan fingerprint density at radius 2 is 1.56 bits per heavy atom. The van der Waals surface area contributed by atoms with Gasteiger partial charge in [0.1, 0.15) is 0 Å². The maximum atomic E-state index is 13.0. The molecule has 0 spiro atoms. The van der Waals surface area contributed by atoms with Gasteiger partial charge in [-0.05, 0) is 53.6 Å². The second-order valence-electron chi connectivity index (χ2n) is 9.28. The first-order valence-electron chi connectivity index (χ1n) is 10.8. The largest absolute Gasteiger partial charge is 0.369 e. The summed E-state index contributed by atoms with van der Waals surface area (Å²) in [6.45, 7) is 6.86. The van der Waals surface area contributed by atoms with Gasteiger partial charge in [-0.1, -0.05) is 45.0 Å². The monoisotopic (exact) mass is 457 g/mol. The topological polar surface area (TPSA) is 110 Å². The van der Waals surface area contributed by atoms with Crippen molar-refractivity contribution in [3.63, 3.8) is 0 Å². The Kier molecular flexibility index (Phi) is 7.05. The molecule has 0 unspecified atom stereocenters. The molecule has 3 N–H and O–H groups in total. The number of benzene rings is 2. The van der Waals surface area contributed by atoms with Crippen molar-refractivity contribution in [2.24, 2.45) is 11.7 Å². The van der Waals surface area contributed by atoms with Gasteiger partial charge in [-0.25, -0.2) is 8.42 Å². The molecule has 0 bridgehead atoms. The Morgan fingerprint density at radius 3 is 2.06 bits per heavy atom. The fourth-order valence-corrected chi connectivity index (χ4v) is 5.26. The van der Waals surface area contributed by atoms with Crippen LogP contribution in [0.1, 0.15) is 44.7 Å². The van der Waals surface area contributed by atoms with E-state index in [0.29, 0.717) is 31.6 Å². The maximum Gasteiger partial charge on any atom is 0.243 e. The average Bonchev–Trinajstić information content (AvgIpc) is 2.74.